The molecular formula is C102H125Cl2N23O14. The van der Waals surface area contributed by atoms with Gasteiger partial charge in [-0.25, -0.2) is 58.7 Å². The van der Waals surface area contributed by atoms with Gasteiger partial charge >= 0.3 is 36.6 Å². The molecule has 8 amide bonds. The van der Waals surface area contributed by atoms with Crippen LogP contribution in [0.4, 0.5) is 28.8 Å². The Morgan fingerprint density at radius 2 is 0.674 bits per heavy atom. The van der Waals surface area contributed by atoms with Crippen LogP contribution in [0.5, 0.6) is 0 Å². The molecule has 4 aromatic carbocycles. The van der Waals surface area contributed by atoms with E-state index in [2.05, 4.69) is 135 Å². The first kappa shape index (κ1) is 104. The van der Waals surface area contributed by atoms with Gasteiger partial charge < -0.3 is 69.4 Å². The van der Waals surface area contributed by atoms with Gasteiger partial charge in [-0.3, -0.25) is 53.9 Å². The molecule has 0 radical (unpaired) electrons. The number of hydrogen-bond acceptors (Lipinski definition) is 23. The third kappa shape index (κ3) is 26.4. The van der Waals surface area contributed by atoms with Crippen LogP contribution in [0.3, 0.4) is 0 Å². The lowest BCUT2D eigenvalue weighted by atomic mass is 9.89. The molecule has 12 aromatic rings. The Hall–Kier alpha value is -14.5. The number of ether oxygens (including phenoxy) is 6. The number of imidazole rings is 6. The third-order valence-electron chi connectivity index (χ3n) is 25.0. The van der Waals surface area contributed by atoms with Crippen molar-refractivity contribution in [3.05, 3.63) is 302 Å². The third-order valence-corrected chi connectivity index (χ3v) is 25.5. The summed E-state index contributed by atoms with van der Waals surface area (Å²) in [6.45, 7) is 28.3. The number of hydrogen-bond donors (Lipinski definition) is 8. The number of amides is 8. The zero-order valence-electron chi connectivity index (χ0n) is 81.6. The van der Waals surface area contributed by atoms with Crippen molar-refractivity contribution in [2.24, 2.45) is 41.2 Å². The number of primary amides is 1. The van der Waals surface area contributed by atoms with Crippen LogP contribution in [0.25, 0.3) is 0 Å². The lowest BCUT2D eigenvalue weighted by Crippen LogP contribution is -2.55. The molecule has 39 heteroatoms. The average molecular weight is 1970 g/mol. The van der Waals surface area contributed by atoms with Gasteiger partial charge in [0.25, 0.3) is 0 Å². The first-order chi connectivity index (χ1) is 68.0. The van der Waals surface area contributed by atoms with Crippen molar-refractivity contribution in [2.45, 2.75) is 210 Å². The molecule has 14 heterocycles. The maximum Gasteiger partial charge on any atom is 0.411 e. The van der Waals surface area contributed by atoms with Crippen molar-refractivity contribution in [3.63, 3.8) is 0 Å². The predicted molar refractivity (Wildman–Crippen MR) is 524 cm³/mol. The van der Waals surface area contributed by atoms with E-state index in [9.17, 15) is 38.4 Å². The molecule has 37 nitrogen and oxygen atoms in total. The molecule has 141 heavy (non-hydrogen) atoms. The monoisotopic (exact) mass is 1970 g/mol. The van der Waals surface area contributed by atoms with Crippen molar-refractivity contribution in [1.82, 2.24) is 109 Å². The van der Waals surface area contributed by atoms with Crippen LogP contribution >= 0.6 is 23.2 Å². The quantitative estimate of drug-likeness (QED) is 0.0329. The van der Waals surface area contributed by atoms with E-state index in [-0.39, 0.29) is 142 Å². The van der Waals surface area contributed by atoms with Crippen molar-refractivity contribution in [1.29, 1.82) is 0 Å². The lowest BCUT2D eigenvalue weighted by molar-refractivity contribution is -0.127. The maximum absolute atomic E-state index is 12.9. The first-order valence-electron chi connectivity index (χ1n) is 47.5. The summed E-state index contributed by atoms with van der Waals surface area (Å²) >= 11 is 11.8. The van der Waals surface area contributed by atoms with Gasteiger partial charge in [-0.2, -0.15) is 0 Å². The van der Waals surface area contributed by atoms with Gasteiger partial charge in [-0.15, -0.1) is 0 Å². The molecule has 6 aliphatic rings. The van der Waals surface area contributed by atoms with Gasteiger partial charge in [-0.05, 0) is 94.2 Å². The van der Waals surface area contributed by atoms with E-state index >= 15 is 0 Å². The molecule has 8 atom stereocenters. The van der Waals surface area contributed by atoms with Crippen LogP contribution in [0.15, 0.2) is 190 Å². The fraction of sp³-hybridized carbons (Fsp3) is 0.422. The normalized spacial score (nSPS) is 18.0. The van der Waals surface area contributed by atoms with Crippen molar-refractivity contribution in [3.8, 4) is 0 Å². The molecule has 0 bridgehead atoms. The summed E-state index contributed by atoms with van der Waals surface area (Å²) in [5, 5.41) is 3.96. The number of rotatable bonds is 20. The zero-order valence-corrected chi connectivity index (χ0v) is 83.1. The highest BCUT2D eigenvalue weighted by Crippen LogP contribution is 2.42. The number of nitrogens with zero attached hydrogens (tertiary/aromatic N) is 15. The number of carbonyl (C=O) groups is 8. The number of benzene rings is 4. The molecule has 0 fully saturated rings. The highest BCUT2D eigenvalue weighted by atomic mass is 35.5. The maximum atomic E-state index is 12.9. The van der Waals surface area contributed by atoms with E-state index < -0.39 is 30.2 Å². The van der Waals surface area contributed by atoms with Crippen LogP contribution in [0.1, 0.15) is 221 Å². The van der Waals surface area contributed by atoms with Crippen LogP contribution in [-0.4, -0.2) is 198 Å². The van der Waals surface area contributed by atoms with Gasteiger partial charge in [0.05, 0.1) is 126 Å². The second-order valence-corrected chi connectivity index (χ2v) is 37.7. The van der Waals surface area contributed by atoms with Crippen LogP contribution in [0, 0.1) is 35.5 Å². The number of likely N-dealkylation sites (N-methyl/N-ethyl adjacent to an activating group) is 1. The Morgan fingerprint density at radius 1 is 0.348 bits per heavy atom. The van der Waals surface area contributed by atoms with E-state index in [1.165, 1.54) is 9.80 Å². The molecule has 0 saturated carbocycles. The topological polar surface area (TPSA) is 460 Å². The largest absolute Gasteiger partial charge is 0.445 e. The minimum Gasteiger partial charge on any atom is -0.445 e. The van der Waals surface area contributed by atoms with E-state index in [1.807, 2.05) is 131 Å². The number of aromatic nitrogens is 15. The molecule has 0 saturated heterocycles. The second-order valence-electron chi connectivity index (χ2n) is 36.8. The number of nitrogens with one attached hydrogen (secondary N) is 7. The molecule has 746 valence electrons. The Balaban J connectivity index is 0.000000142. The summed E-state index contributed by atoms with van der Waals surface area (Å²) in [6, 6.07) is 36.8. The van der Waals surface area contributed by atoms with Gasteiger partial charge in [0, 0.05) is 135 Å². The van der Waals surface area contributed by atoms with E-state index in [0.717, 1.165) is 122 Å². The second kappa shape index (κ2) is 49.4. The van der Waals surface area contributed by atoms with E-state index in [1.54, 1.807) is 114 Å². The summed E-state index contributed by atoms with van der Waals surface area (Å²) in [5.41, 5.74) is 22.1. The standard InChI is InChI=1S/C19H24N4O3.C18H22N4O3.2C17H20ClN3O2.C16H20N4O2.C15H19N5O2/c1-12(2)17-16-14(21-11-22-16)9-15(18(24)20-3)23(17)19(25)26-10-13-7-5-4-6-8-13;1-11(2)16-15-13(20-10-21-15)8-14(17(19)23)22(16)18(24)25-9-12-6-4-3-5-7-12;1-11(2)16-15-14(19-10-20-15)7-8-21(16)17(22)23-9-12-3-5-13(18)6-4-12;1-11(2)16-15-14(19-10-20-15)6-7-21(16)17(22)23-9-12-4-3-5-13(18)8-12;1-11(2)15-14-13(18-10-19-14)6-8-20(15)16(21)22-9-12-5-3-4-7-17-12;1-10(2)14-13-12(18-9-19-13)3-6-20(14)15(21)22-8-11-7-16-4-5-17-11/h4-8,11-12,15,17H,9-10H2,1-3H3,(H,20,24)(H,21,22);3-7,10-11,14,16H,8-9H2,1-2H3,(H2,19,23)(H,20,21);3-6,10-11,16H,7-9H2,1-2H3,(H,19,20);3-5,8,10-11,16H,6-7,9H2,1-2H3,(H,19,20);3-5,7,10-11,15H,6,8-9H2,1-2H3,(H,18,19);4-5,7,9-10,14H,3,6,8H2,1-2H3,(H,18,19)/t15-,17-;14-,16-;;;;/m00..../s1. The van der Waals surface area contributed by atoms with Crippen LogP contribution in [-0.2, 0) is 116 Å². The van der Waals surface area contributed by atoms with Gasteiger partial charge in [0.1, 0.15) is 51.7 Å². The first-order valence-corrected chi connectivity index (χ1v) is 48.2. The average Bonchev–Trinajstić information content (AvgIpc) is 1.70. The van der Waals surface area contributed by atoms with Gasteiger partial charge in [0.15, 0.2) is 0 Å². The number of fused-ring (bicyclic) bond motifs is 6. The Morgan fingerprint density at radius 3 is 1.03 bits per heavy atom. The molecule has 0 spiro atoms. The molecule has 4 unspecified atom stereocenters. The molecule has 6 aliphatic heterocycles. The fourth-order valence-electron chi connectivity index (χ4n) is 18.4. The number of aromatic amines is 6. The Labute approximate surface area is 829 Å². The molecule has 0 aliphatic carbocycles. The van der Waals surface area contributed by atoms with Crippen molar-refractivity contribution < 1.29 is 66.8 Å². The summed E-state index contributed by atoms with van der Waals surface area (Å²) < 4.78 is 32.8. The summed E-state index contributed by atoms with van der Waals surface area (Å²) in [6.07, 6.45) is 17.9. The van der Waals surface area contributed by atoms with Crippen molar-refractivity contribution in [2.75, 3.05) is 33.2 Å². The molecule has 9 N–H and O–H groups in total. The Bertz CT molecular complexity index is 5960. The number of carbonyl (C=O) groups excluding carboxylic acids is 8. The van der Waals surface area contributed by atoms with Crippen LogP contribution < -0.4 is 11.1 Å². The molecule has 8 aromatic heterocycles. The van der Waals surface area contributed by atoms with Gasteiger partial charge in [0.2, 0.25) is 11.8 Å². The fourth-order valence-corrected chi connectivity index (χ4v) is 18.8. The summed E-state index contributed by atoms with van der Waals surface area (Å²) in [7, 11) is 1.57. The number of nitrogens with two attached hydrogens (primary N) is 1. The predicted octanol–water partition coefficient (Wildman–Crippen LogP) is 17.3. The highest BCUT2D eigenvalue weighted by Gasteiger charge is 2.48. The van der Waals surface area contributed by atoms with Crippen LogP contribution in [0.2, 0.25) is 10.0 Å². The van der Waals surface area contributed by atoms with E-state index in [0.29, 0.717) is 54.8 Å². The summed E-state index contributed by atoms with van der Waals surface area (Å²) in [4.78, 5) is 168. The Kier molecular flexibility index (Phi) is 36.4. The van der Waals surface area contributed by atoms with E-state index in [4.69, 9.17) is 57.4 Å². The number of halogens is 2. The number of H-pyrrole nitrogens is 6. The van der Waals surface area contributed by atoms with Gasteiger partial charge in [-0.1, -0.05) is 197 Å². The smallest absolute Gasteiger partial charge is 0.411 e. The summed E-state index contributed by atoms with van der Waals surface area (Å²) in [5.74, 6) is 0.407. The zero-order chi connectivity index (χ0) is 101. The molecule has 18 rings (SSSR count). The molecular weight excluding hydrogens is 1840 g/mol. The highest BCUT2D eigenvalue weighted by molar-refractivity contribution is 6.30. The minimum atomic E-state index is -0.761. The lowest BCUT2D eigenvalue weighted by Gasteiger charge is -2.41. The number of pyridine rings is 1. The van der Waals surface area contributed by atoms with Crippen molar-refractivity contribution >= 4 is 71.6 Å². The minimum absolute atomic E-state index is 0.0495. The SMILES string of the molecule is CC(C)C1c2nc[nH]c2CCN1C(=O)OCc1ccc(Cl)cc1.CC(C)C1c2nc[nH]c2CCN1C(=O)OCc1cccc(Cl)c1.CC(C)C1c2nc[nH]c2CCN1C(=O)OCc1ccccn1.CC(C)C1c2nc[nH]c2CCN1C(=O)OCc1cnccn1.CC(C)[C@H]1c2nc[nH]c2C[C@@H](C(N)=O)N1C(=O)OCc1ccccc1.CNC(=O)[C@@H]1Cc2[nH]cnc2[C@H](C(C)C)N1C(=O)OCc1ccccc1.